The van der Waals surface area contributed by atoms with Crippen LogP contribution in [0.4, 0.5) is 21.6 Å². The van der Waals surface area contributed by atoms with E-state index in [1.807, 2.05) is 24.3 Å². The van der Waals surface area contributed by atoms with Crippen LogP contribution in [-0.4, -0.2) is 15.9 Å². The fourth-order valence-corrected chi connectivity index (χ4v) is 2.42. The van der Waals surface area contributed by atoms with E-state index in [0.29, 0.717) is 11.5 Å². The Morgan fingerprint density at radius 1 is 1.00 bits per heavy atom. The van der Waals surface area contributed by atoms with Gasteiger partial charge >= 0.3 is 0 Å². The van der Waals surface area contributed by atoms with Crippen molar-refractivity contribution in [3.05, 3.63) is 76.9 Å². The zero-order valence-electron chi connectivity index (χ0n) is 12.3. The lowest BCUT2D eigenvalue weighted by Crippen LogP contribution is -2.14. The highest BCUT2D eigenvalue weighted by atomic mass is 79.9. The van der Waals surface area contributed by atoms with Crippen LogP contribution in [0.2, 0.25) is 0 Å². The van der Waals surface area contributed by atoms with E-state index in [4.69, 9.17) is 0 Å². The first-order valence-corrected chi connectivity index (χ1v) is 7.81. The van der Waals surface area contributed by atoms with Crippen molar-refractivity contribution in [1.29, 1.82) is 0 Å². The van der Waals surface area contributed by atoms with E-state index in [9.17, 15) is 9.18 Å². The molecule has 0 saturated carbocycles. The van der Waals surface area contributed by atoms with Crippen LogP contribution in [0.1, 0.15) is 10.5 Å². The summed E-state index contributed by atoms with van der Waals surface area (Å²) < 4.78 is 14.1. The van der Waals surface area contributed by atoms with E-state index >= 15 is 0 Å². The fraction of sp³-hybridized carbons (Fsp3) is 0. The molecule has 2 N–H and O–H groups in total. The van der Waals surface area contributed by atoms with Crippen LogP contribution in [-0.2, 0) is 0 Å². The van der Waals surface area contributed by atoms with Crippen LogP contribution in [0.3, 0.4) is 0 Å². The predicted molar refractivity (Wildman–Crippen MR) is 93.8 cm³/mol. The van der Waals surface area contributed by atoms with E-state index in [1.54, 1.807) is 6.07 Å². The lowest BCUT2D eigenvalue weighted by molar-refractivity contribution is 0.102. The molecule has 0 aliphatic rings. The zero-order chi connectivity index (χ0) is 16.9. The van der Waals surface area contributed by atoms with Crippen molar-refractivity contribution in [2.45, 2.75) is 0 Å². The van der Waals surface area contributed by atoms with Gasteiger partial charge in [0, 0.05) is 21.9 Å². The van der Waals surface area contributed by atoms with Gasteiger partial charge in [0.2, 0.25) is 0 Å². The van der Waals surface area contributed by atoms with Gasteiger partial charge < -0.3 is 10.6 Å². The quantitative estimate of drug-likeness (QED) is 0.698. The Morgan fingerprint density at radius 2 is 1.79 bits per heavy atom. The average Bonchev–Trinajstić information content (AvgIpc) is 2.55. The smallest absolute Gasteiger partial charge is 0.274 e. The lowest BCUT2D eigenvalue weighted by atomic mass is 10.3. The van der Waals surface area contributed by atoms with Gasteiger partial charge in [-0.25, -0.2) is 14.4 Å². The van der Waals surface area contributed by atoms with Gasteiger partial charge in [-0.1, -0.05) is 28.1 Å². The van der Waals surface area contributed by atoms with E-state index in [1.165, 1.54) is 30.6 Å². The van der Waals surface area contributed by atoms with Crippen molar-refractivity contribution >= 4 is 39.0 Å². The molecular formula is C17H12BrFN4O. The highest BCUT2D eigenvalue weighted by Crippen LogP contribution is 2.19. The molecule has 120 valence electrons. The Labute approximate surface area is 146 Å². The molecule has 0 fully saturated rings. The molecule has 24 heavy (non-hydrogen) atoms. The average molecular weight is 387 g/mol. The molecule has 2 aromatic carbocycles. The van der Waals surface area contributed by atoms with Gasteiger partial charge in [0.25, 0.3) is 5.91 Å². The van der Waals surface area contributed by atoms with Crippen LogP contribution in [0.15, 0.2) is 65.4 Å². The molecule has 0 saturated heterocycles. The molecule has 3 aromatic rings. The lowest BCUT2D eigenvalue weighted by Gasteiger charge is -2.08. The predicted octanol–water partition coefficient (Wildman–Crippen LogP) is 4.37. The van der Waals surface area contributed by atoms with Gasteiger partial charge in [-0.05, 0) is 36.4 Å². The number of carbonyl (C=O) groups excluding carboxylic acids is 1. The van der Waals surface area contributed by atoms with Crippen LogP contribution in [0, 0.1) is 5.82 Å². The number of halogens is 2. The topological polar surface area (TPSA) is 66.9 Å². The van der Waals surface area contributed by atoms with E-state index < -0.39 is 11.7 Å². The van der Waals surface area contributed by atoms with Crippen LogP contribution in [0.25, 0.3) is 0 Å². The Bertz CT molecular complexity index is 888. The number of anilines is 3. The monoisotopic (exact) mass is 386 g/mol. The number of benzene rings is 2. The van der Waals surface area contributed by atoms with Gasteiger partial charge in [-0.2, -0.15) is 0 Å². The molecule has 3 rings (SSSR count). The second kappa shape index (κ2) is 7.18. The molecule has 0 spiro atoms. The van der Waals surface area contributed by atoms with Gasteiger partial charge in [0.15, 0.2) is 0 Å². The summed E-state index contributed by atoms with van der Waals surface area (Å²) in [5.74, 6) is -0.389. The first-order chi connectivity index (χ1) is 11.6. The maximum atomic E-state index is 13.2. The molecule has 0 atom stereocenters. The van der Waals surface area contributed by atoms with Crippen molar-refractivity contribution in [3.63, 3.8) is 0 Å². The maximum Gasteiger partial charge on any atom is 0.274 e. The number of hydrogen-bond donors (Lipinski definition) is 2. The minimum Gasteiger partial charge on any atom is -0.340 e. The molecule has 0 unspecified atom stereocenters. The van der Waals surface area contributed by atoms with Crippen molar-refractivity contribution in [2.24, 2.45) is 0 Å². The van der Waals surface area contributed by atoms with Crippen molar-refractivity contribution in [3.8, 4) is 0 Å². The van der Waals surface area contributed by atoms with Gasteiger partial charge in [0.1, 0.15) is 23.7 Å². The van der Waals surface area contributed by atoms with Gasteiger partial charge in [-0.15, -0.1) is 0 Å². The number of aromatic nitrogens is 2. The third-order valence-electron chi connectivity index (χ3n) is 3.08. The van der Waals surface area contributed by atoms with E-state index in [0.717, 1.165) is 10.2 Å². The molecule has 7 heteroatoms. The van der Waals surface area contributed by atoms with Crippen LogP contribution in [0.5, 0.6) is 0 Å². The Morgan fingerprint density at radius 3 is 2.58 bits per heavy atom. The summed E-state index contributed by atoms with van der Waals surface area (Å²) in [5.41, 5.74) is 1.35. The number of carbonyl (C=O) groups is 1. The first-order valence-electron chi connectivity index (χ1n) is 7.02. The minimum absolute atomic E-state index is 0.173. The second-order valence-electron chi connectivity index (χ2n) is 4.89. The second-order valence-corrected chi connectivity index (χ2v) is 5.80. The summed E-state index contributed by atoms with van der Waals surface area (Å²) in [5, 5.41) is 5.69. The molecule has 0 radical (unpaired) electrons. The molecule has 1 amide bonds. The third kappa shape index (κ3) is 4.14. The number of rotatable bonds is 4. The largest absolute Gasteiger partial charge is 0.340 e. The molecule has 1 heterocycles. The number of nitrogens with zero attached hydrogens (tertiary/aromatic N) is 2. The summed E-state index contributed by atoms with van der Waals surface area (Å²) in [6.07, 6.45) is 1.29. The van der Waals surface area contributed by atoms with Crippen molar-refractivity contribution < 1.29 is 9.18 Å². The standard InChI is InChI=1S/C17H12BrFN4O/c18-11-3-1-5-13(7-11)22-16-9-15(20-10-21-16)17(24)23-14-6-2-4-12(19)8-14/h1-10H,(H,23,24)(H,20,21,22). The SMILES string of the molecule is O=C(Nc1cccc(F)c1)c1cc(Nc2cccc(Br)c2)ncn1. The number of nitrogens with one attached hydrogen (secondary N) is 2. The van der Waals surface area contributed by atoms with Crippen LogP contribution < -0.4 is 10.6 Å². The minimum atomic E-state index is -0.444. The summed E-state index contributed by atoms with van der Waals surface area (Å²) in [7, 11) is 0. The van der Waals surface area contributed by atoms with Crippen molar-refractivity contribution in [2.75, 3.05) is 10.6 Å². The summed E-state index contributed by atoms with van der Waals surface area (Å²) in [6.45, 7) is 0. The van der Waals surface area contributed by atoms with Gasteiger partial charge in [-0.3, -0.25) is 4.79 Å². The molecule has 0 aliphatic heterocycles. The highest BCUT2D eigenvalue weighted by molar-refractivity contribution is 9.10. The fourth-order valence-electron chi connectivity index (χ4n) is 2.03. The van der Waals surface area contributed by atoms with Crippen LogP contribution >= 0.6 is 15.9 Å². The van der Waals surface area contributed by atoms with Crippen molar-refractivity contribution in [1.82, 2.24) is 9.97 Å². The summed E-state index contributed by atoms with van der Waals surface area (Å²) >= 11 is 3.39. The number of amides is 1. The van der Waals surface area contributed by atoms with Gasteiger partial charge in [0.05, 0.1) is 0 Å². The first kappa shape index (κ1) is 16.1. The molecule has 0 bridgehead atoms. The normalized spacial score (nSPS) is 10.2. The van der Waals surface area contributed by atoms with E-state index in [2.05, 4.69) is 36.5 Å². The Hall–Kier alpha value is -2.80. The summed E-state index contributed by atoms with van der Waals surface area (Å²) in [6, 6.07) is 14.7. The van der Waals surface area contributed by atoms with E-state index in [-0.39, 0.29) is 5.69 Å². The Kier molecular flexibility index (Phi) is 4.81. The molecular weight excluding hydrogens is 375 g/mol. The molecule has 5 nitrogen and oxygen atoms in total. The summed E-state index contributed by atoms with van der Waals surface area (Å²) in [4.78, 5) is 20.3. The Balaban J connectivity index is 1.76. The third-order valence-corrected chi connectivity index (χ3v) is 3.57. The highest BCUT2D eigenvalue weighted by Gasteiger charge is 2.10. The molecule has 1 aromatic heterocycles. The number of hydrogen-bond acceptors (Lipinski definition) is 4. The zero-order valence-corrected chi connectivity index (χ0v) is 13.9. The molecule has 0 aliphatic carbocycles. The maximum absolute atomic E-state index is 13.2.